The third-order valence-corrected chi connectivity index (χ3v) is 4.75. The van der Waals surface area contributed by atoms with Gasteiger partial charge < -0.3 is 15.4 Å². The Hall–Kier alpha value is -2.52. The Balaban J connectivity index is 1.98. The minimum Gasteiger partial charge on any atom is -0.442 e. The van der Waals surface area contributed by atoms with Crippen LogP contribution in [0.4, 0.5) is 10.7 Å². The Labute approximate surface area is 168 Å². The maximum absolute atomic E-state index is 12.6. The van der Waals surface area contributed by atoms with Gasteiger partial charge in [-0.2, -0.15) is 14.2 Å². The molecule has 0 saturated carbocycles. The predicted octanol–water partition coefficient (Wildman–Crippen LogP) is 2.95. The molecule has 8 nitrogen and oxygen atoms in total. The number of hydrogen-bond acceptors (Lipinski definition) is 8. The minimum absolute atomic E-state index is 0.297. The fraction of sp³-hybridized carbons (Fsp3) is 0.474. The van der Waals surface area contributed by atoms with Gasteiger partial charge in [-0.1, -0.05) is 6.07 Å². The van der Waals surface area contributed by atoms with Gasteiger partial charge in [-0.25, -0.2) is 9.78 Å². The summed E-state index contributed by atoms with van der Waals surface area (Å²) in [5, 5.41) is 6.37. The van der Waals surface area contributed by atoms with E-state index in [2.05, 4.69) is 25.4 Å². The number of hydrogen-bond donors (Lipinski definition) is 1. The molecule has 0 radical (unpaired) electrons. The Morgan fingerprint density at radius 3 is 2.68 bits per heavy atom. The lowest BCUT2D eigenvalue weighted by molar-refractivity contribution is 0.0522. The number of anilines is 1. The summed E-state index contributed by atoms with van der Waals surface area (Å²) in [5.74, 6) is 0.297. The van der Waals surface area contributed by atoms with Crippen molar-refractivity contribution in [2.45, 2.75) is 39.2 Å². The first kappa shape index (κ1) is 20.2. The monoisotopic (exact) mass is 402 g/mol. The van der Waals surface area contributed by atoms with Crippen LogP contribution in [-0.4, -0.2) is 56.4 Å². The van der Waals surface area contributed by atoms with Crippen LogP contribution in [0, 0.1) is 0 Å². The van der Waals surface area contributed by atoms with Gasteiger partial charge in [0.1, 0.15) is 10.6 Å². The third-order valence-electron chi connectivity index (χ3n) is 4.02. The van der Waals surface area contributed by atoms with Crippen molar-refractivity contribution >= 4 is 34.5 Å². The number of fused-ring (bicyclic) bond motifs is 1. The van der Waals surface area contributed by atoms with Crippen molar-refractivity contribution < 1.29 is 9.53 Å². The number of carbonyl (C=O) groups is 1. The maximum atomic E-state index is 12.6. The summed E-state index contributed by atoms with van der Waals surface area (Å²) in [6, 6.07) is 5.94. The minimum atomic E-state index is -0.586. The molecule has 0 fully saturated rings. The molecule has 0 aliphatic heterocycles. The molecule has 0 saturated heterocycles. The highest BCUT2D eigenvalue weighted by molar-refractivity contribution is 7.05. The number of likely N-dealkylation sites (N-methyl/N-ethyl adjacent to an activating group) is 1. The number of aromatic nitrogens is 4. The van der Waals surface area contributed by atoms with Gasteiger partial charge in [0.2, 0.25) is 5.95 Å². The zero-order valence-electron chi connectivity index (χ0n) is 16.9. The second kappa shape index (κ2) is 7.84. The van der Waals surface area contributed by atoms with Crippen LogP contribution in [0.1, 0.15) is 37.0 Å². The number of ether oxygens (including phenoxy) is 1. The van der Waals surface area contributed by atoms with Crippen molar-refractivity contribution in [2.75, 3.05) is 26.4 Å². The number of benzene rings is 1. The molecule has 0 aliphatic rings. The summed E-state index contributed by atoms with van der Waals surface area (Å²) < 4.78 is 10.9. The molecule has 9 heteroatoms. The second-order valence-corrected chi connectivity index (χ2v) is 8.80. The molecule has 0 amide bonds. The molecule has 2 N–H and O–H groups in total. The number of nitrogens with zero attached hydrogens (tertiary/aromatic N) is 5. The fourth-order valence-electron chi connectivity index (χ4n) is 2.81. The van der Waals surface area contributed by atoms with Gasteiger partial charge in [0.05, 0.1) is 11.2 Å². The van der Waals surface area contributed by atoms with Gasteiger partial charge in [-0.05, 0) is 64.1 Å². The standard InChI is InChI=1S/C19H26N6O2S/c1-19(2,3)27-18(26)25-15-7-6-12(11-16-21-17(20)23-28-16)10-13(15)14(22-25)8-9-24(4)5/h6-7,10H,8-9,11H2,1-5H3,(H2,20,23). The molecule has 0 bridgehead atoms. The van der Waals surface area contributed by atoms with Crippen molar-refractivity contribution in [3.05, 3.63) is 34.5 Å². The van der Waals surface area contributed by atoms with Crippen LogP contribution in [-0.2, 0) is 17.6 Å². The zero-order valence-corrected chi connectivity index (χ0v) is 17.7. The summed E-state index contributed by atoms with van der Waals surface area (Å²) in [5.41, 5.74) is 7.71. The van der Waals surface area contributed by atoms with Crippen LogP contribution in [0.5, 0.6) is 0 Å². The van der Waals surface area contributed by atoms with Crippen molar-refractivity contribution in [1.29, 1.82) is 0 Å². The van der Waals surface area contributed by atoms with E-state index in [4.69, 9.17) is 10.5 Å². The first-order valence-corrected chi connectivity index (χ1v) is 9.86. The van der Waals surface area contributed by atoms with Gasteiger partial charge in [-0.15, -0.1) is 0 Å². The van der Waals surface area contributed by atoms with Crippen LogP contribution >= 0.6 is 11.5 Å². The van der Waals surface area contributed by atoms with Crippen LogP contribution in [0.3, 0.4) is 0 Å². The van der Waals surface area contributed by atoms with Gasteiger partial charge in [0.15, 0.2) is 0 Å². The van der Waals surface area contributed by atoms with Crippen LogP contribution in [0.25, 0.3) is 10.9 Å². The van der Waals surface area contributed by atoms with Gasteiger partial charge in [0, 0.05) is 24.8 Å². The summed E-state index contributed by atoms with van der Waals surface area (Å²) in [4.78, 5) is 19.0. The highest BCUT2D eigenvalue weighted by Crippen LogP contribution is 2.24. The molecule has 3 rings (SSSR count). The SMILES string of the molecule is CN(C)CCc1nn(C(=O)OC(C)(C)C)c2ccc(Cc3nc(N)ns3)cc12. The summed E-state index contributed by atoms with van der Waals surface area (Å²) in [6.45, 7) is 6.36. The summed E-state index contributed by atoms with van der Waals surface area (Å²) >= 11 is 1.30. The van der Waals surface area contributed by atoms with Crippen LogP contribution < -0.4 is 5.73 Å². The first-order valence-electron chi connectivity index (χ1n) is 9.09. The molecule has 1 aromatic carbocycles. The van der Waals surface area contributed by atoms with E-state index in [1.807, 2.05) is 47.0 Å². The number of carbonyl (C=O) groups excluding carboxylic acids is 1. The van der Waals surface area contributed by atoms with E-state index in [1.165, 1.54) is 16.2 Å². The molecule has 28 heavy (non-hydrogen) atoms. The van der Waals surface area contributed by atoms with Crippen molar-refractivity contribution in [2.24, 2.45) is 0 Å². The Morgan fingerprint density at radius 2 is 2.07 bits per heavy atom. The molecular weight excluding hydrogens is 376 g/mol. The zero-order chi connectivity index (χ0) is 20.5. The fourth-order valence-corrected chi connectivity index (χ4v) is 3.42. The van der Waals surface area contributed by atoms with Crippen molar-refractivity contribution in [3.8, 4) is 0 Å². The maximum Gasteiger partial charge on any atom is 0.435 e. The first-order chi connectivity index (χ1) is 13.1. The van der Waals surface area contributed by atoms with Crippen LogP contribution in [0.2, 0.25) is 0 Å². The Morgan fingerprint density at radius 1 is 1.32 bits per heavy atom. The normalized spacial score (nSPS) is 12.1. The lowest BCUT2D eigenvalue weighted by atomic mass is 10.1. The summed E-state index contributed by atoms with van der Waals surface area (Å²) in [7, 11) is 4.02. The molecule has 0 unspecified atom stereocenters. The van der Waals surface area contributed by atoms with Crippen LogP contribution in [0.15, 0.2) is 18.2 Å². The van der Waals surface area contributed by atoms with Gasteiger partial charge in [0.25, 0.3) is 0 Å². The van der Waals surface area contributed by atoms with E-state index < -0.39 is 11.7 Å². The number of rotatable bonds is 5. The highest BCUT2D eigenvalue weighted by atomic mass is 32.1. The highest BCUT2D eigenvalue weighted by Gasteiger charge is 2.22. The second-order valence-electron chi connectivity index (χ2n) is 7.97. The smallest absolute Gasteiger partial charge is 0.435 e. The lowest BCUT2D eigenvalue weighted by Gasteiger charge is -2.19. The Kier molecular flexibility index (Phi) is 5.66. The topological polar surface area (TPSA) is 99.2 Å². The van der Waals surface area contributed by atoms with E-state index in [0.29, 0.717) is 12.4 Å². The average Bonchev–Trinajstić information content (AvgIpc) is 3.14. The number of nitrogens with two attached hydrogens (primary N) is 1. The molecule has 0 atom stereocenters. The van der Waals surface area contributed by atoms with E-state index in [0.717, 1.165) is 40.1 Å². The quantitative estimate of drug-likeness (QED) is 0.700. The third kappa shape index (κ3) is 4.85. The van der Waals surface area contributed by atoms with E-state index >= 15 is 0 Å². The largest absolute Gasteiger partial charge is 0.442 e. The molecule has 3 aromatic rings. The molecule has 2 aromatic heterocycles. The predicted molar refractivity (Wildman–Crippen MR) is 111 cm³/mol. The van der Waals surface area contributed by atoms with E-state index in [9.17, 15) is 4.79 Å². The molecule has 0 aliphatic carbocycles. The summed E-state index contributed by atoms with van der Waals surface area (Å²) in [6.07, 6.45) is 0.891. The lowest BCUT2D eigenvalue weighted by Crippen LogP contribution is -2.27. The van der Waals surface area contributed by atoms with E-state index in [-0.39, 0.29) is 0 Å². The number of nitrogen functional groups attached to an aromatic ring is 1. The van der Waals surface area contributed by atoms with E-state index in [1.54, 1.807) is 0 Å². The average molecular weight is 403 g/mol. The van der Waals surface area contributed by atoms with Crippen molar-refractivity contribution in [1.82, 2.24) is 24.0 Å². The van der Waals surface area contributed by atoms with Gasteiger partial charge >= 0.3 is 6.09 Å². The van der Waals surface area contributed by atoms with Gasteiger partial charge in [-0.3, -0.25) is 0 Å². The molecule has 150 valence electrons. The molecular formula is C19H26N6O2S. The Bertz CT molecular complexity index is 986. The molecule has 0 spiro atoms. The van der Waals surface area contributed by atoms with Crippen molar-refractivity contribution in [3.63, 3.8) is 0 Å². The molecule has 2 heterocycles.